The van der Waals surface area contributed by atoms with Crippen LogP contribution in [0.15, 0.2) is 30.3 Å². The molecular weight excluding hydrogens is 507 g/mol. The summed E-state index contributed by atoms with van der Waals surface area (Å²) in [5.74, 6) is -0.677. The Balaban J connectivity index is 1.68. The van der Waals surface area contributed by atoms with E-state index in [0.717, 1.165) is 66.1 Å². The van der Waals surface area contributed by atoms with Crippen molar-refractivity contribution >= 4 is 27.1 Å². The molecule has 11 heteroatoms. The number of aromatic nitrogens is 3. The monoisotopic (exact) mass is 542 g/mol. The van der Waals surface area contributed by atoms with Crippen molar-refractivity contribution < 1.29 is 17.6 Å². The van der Waals surface area contributed by atoms with Crippen molar-refractivity contribution in [3.8, 4) is 5.69 Å². The number of likely N-dealkylation sites (tertiary alicyclic amines) is 1. The summed E-state index contributed by atoms with van der Waals surface area (Å²) in [6, 6.07) is 8.23. The van der Waals surface area contributed by atoms with Crippen LogP contribution in [0.5, 0.6) is 0 Å². The number of piperidine rings is 1. The highest BCUT2D eigenvalue weighted by molar-refractivity contribution is 7.87. The molecule has 2 fully saturated rings. The van der Waals surface area contributed by atoms with Gasteiger partial charge < -0.3 is 4.90 Å². The number of carbonyl (C=O) groups excluding carboxylic acids is 1. The van der Waals surface area contributed by atoms with E-state index in [1.165, 1.54) is 26.2 Å². The summed E-state index contributed by atoms with van der Waals surface area (Å²) in [5, 5.41) is 5.92. The molecule has 1 aliphatic carbocycles. The van der Waals surface area contributed by atoms with Gasteiger partial charge in [0.2, 0.25) is 0 Å². The molecule has 9 nitrogen and oxygen atoms in total. The Morgan fingerprint density at radius 1 is 1.08 bits per heavy atom. The van der Waals surface area contributed by atoms with Gasteiger partial charge in [0.1, 0.15) is 11.5 Å². The number of rotatable bonds is 7. The average molecular weight is 543 g/mol. The van der Waals surface area contributed by atoms with Crippen molar-refractivity contribution in [1.82, 2.24) is 28.7 Å². The zero-order valence-corrected chi connectivity index (χ0v) is 23.1. The highest BCUT2D eigenvalue weighted by Crippen LogP contribution is 2.43. The van der Waals surface area contributed by atoms with Gasteiger partial charge in [-0.2, -0.15) is 17.8 Å². The first kappa shape index (κ1) is 26.7. The first-order valence-corrected chi connectivity index (χ1v) is 14.7. The van der Waals surface area contributed by atoms with Crippen LogP contribution in [0.4, 0.5) is 4.39 Å². The molecule has 0 unspecified atom stereocenters. The van der Waals surface area contributed by atoms with Crippen LogP contribution in [0.25, 0.3) is 16.7 Å². The summed E-state index contributed by atoms with van der Waals surface area (Å²) >= 11 is 0. The van der Waals surface area contributed by atoms with Crippen LogP contribution in [0.3, 0.4) is 0 Å². The summed E-state index contributed by atoms with van der Waals surface area (Å²) in [6.45, 7) is 6.27. The van der Waals surface area contributed by atoms with Gasteiger partial charge in [-0.1, -0.05) is 6.42 Å². The normalized spacial score (nSPS) is 17.9. The molecule has 0 radical (unpaired) electrons. The van der Waals surface area contributed by atoms with Crippen LogP contribution in [0.1, 0.15) is 79.5 Å². The van der Waals surface area contributed by atoms with E-state index in [9.17, 15) is 17.6 Å². The minimum atomic E-state index is -4.00. The van der Waals surface area contributed by atoms with Gasteiger partial charge in [0.25, 0.3) is 5.91 Å². The molecule has 204 valence electrons. The summed E-state index contributed by atoms with van der Waals surface area (Å²) in [4.78, 5) is 20.3. The predicted molar refractivity (Wildman–Crippen MR) is 144 cm³/mol. The van der Waals surface area contributed by atoms with Gasteiger partial charge >= 0.3 is 10.2 Å². The number of nitrogens with zero attached hydrogens (tertiary/aromatic N) is 5. The van der Waals surface area contributed by atoms with Crippen LogP contribution in [-0.4, -0.2) is 71.5 Å². The Bertz CT molecular complexity index is 1440. The molecule has 38 heavy (non-hydrogen) atoms. The minimum Gasteiger partial charge on any atom is -0.301 e. The van der Waals surface area contributed by atoms with Gasteiger partial charge in [-0.25, -0.2) is 18.8 Å². The second kappa shape index (κ2) is 10.3. The van der Waals surface area contributed by atoms with Crippen molar-refractivity contribution in [3.63, 3.8) is 0 Å². The molecule has 1 amide bonds. The zero-order chi connectivity index (χ0) is 27.2. The largest absolute Gasteiger partial charge is 0.303 e. The number of benzene rings is 1. The Kier molecular flexibility index (Phi) is 7.27. The number of hydrogen-bond acceptors (Lipinski definition) is 6. The summed E-state index contributed by atoms with van der Waals surface area (Å²) < 4.78 is 43.3. The quantitative estimate of drug-likeness (QED) is 0.485. The van der Waals surface area contributed by atoms with E-state index in [-0.39, 0.29) is 17.4 Å². The third-order valence-corrected chi connectivity index (χ3v) is 9.30. The Hall–Kier alpha value is -2.89. The summed E-state index contributed by atoms with van der Waals surface area (Å²) in [6.07, 6.45) is 5.03. The number of carbonyl (C=O) groups is 1. The lowest BCUT2D eigenvalue weighted by Gasteiger charge is -2.35. The molecule has 1 aromatic carbocycles. The molecular formula is C27H35FN6O3S. The van der Waals surface area contributed by atoms with E-state index in [1.54, 1.807) is 22.9 Å². The van der Waals surface area contributed by atoms with Crippen LogP contribution >= 0.6 is 0 Å². The average Bonchev–Trinajstić information content (AvgIpc) is 3.21. The molecule has 2 aliphatic rings. The highest BCUT2D eigenvalue weighted by Gasteiger charge is 2.33. The Morgan fingerprint density at radius 2 is 1.74 bits per heavy atom. The fourth-order valence-corrected chi connectivity index (χ4v) is 5.85. The van der Waals surface area contributed by atoms with Crippen LogP contribution in [0.2, 0.25) is 0 Å². The summed E-state index contributed by atoms with van der Waals surface area (Å²) in [7, 11) is -1.29. The molecule has 0 spiro atoms. The molecule has 1 saturated heterocycles. The topological polar surface area (TPSA) is 100 Å². The molecule has 5 rings (SSSR count). The van der Waals surface area contributed by atoms with Gasteiger partial charge in [0, 0.05) is 31.4 Å². The van der Waals surface area contributed by atoms with Crippen LogP contribution in [0, 0.1) is 5.82 Å². The number of hydrogen-bond donors (Lipinski definition) is 1. The number of amides is 1. The molecule has 3 heterocycles. The van der Waals surface area contributed by atoms with Gasteiger partial charge in [0.15, 0.2) is 5.65 Å². The van der Waals surface area contributed by atoms with Crippen molar-refractivity contribution in [2.75, 3.05) is 27.2 Å². The van der Waals surface area contributed by atoms with Crippen LogP contribution in [-0.2, 0) is 10.2 Å². The van der Waals surface area contributed by atoms with Crippen molar-refractivity contribution in [3.05, 3.63) is 53.1 Å². The molecule has 1 aliphatic heterocycles. The van der Waals surface area contributed by atoms with E-state index in [1.807, 2.05) is 0 Å². The molecule has 1 N–H and O–H groups in total. The van der Waals surface area contributed by atoms with Gasteiger partial charge in [-0.05, 0) is 94.4 Å². The van der Waals surface area contributed by atoms with Gasteiger partial charge in [0.05, 0.1) is 11.4 Å². The van der Waals surface area contributed by atoms with E-state index in [0.29, 0.717) is 23.3 Å². The number of halogens is 1. The lowest BCUT2D eigenvalue weighted by molar-refractivity contribution is 0.0975. The lowest BCUT2D eigenvalue weighted by Crippen LogP contribution is -2.40. The first-order valence-electron chi connectivity index (χ1n) is 13.2. The fraction of sp³-hybridized carbons (Fsp3) is 0.519. The maximum absolute atomic E-state index is 13.7. The van der Waals surface area contributed by atoms with E-state index in [4.69, 9.17) is 5.10 Å². The van der Waals surface area contributed by atoms with Gasteiger partial charge in [-0.15, -0.1) is 0 Å². The maximum atomic E-state index is 13.7. The zero-order valence-electron chi connectivity index (χ0n) is 22.3. The standard InChI is InChI=1S/C27H35FN6O3S/c1-17(2)33-14-12-18(13-15-33)22-16-23(27(35)31-38(36,37)32(3)4)29-26-24(22)25(19-6-5-7-19)30-34(26)21-10-8-20(28)9-11-21/h8-11,16-19H,5-7,12-15H2,1-4H3,(H,31,35). The third kappa shape index (κ3) is 5.06. The molecule has 2 aromatic heterocycles. The van der Waals surface area contributed by atoms with Crippen molar-refractivity contribution in [1.29, 1.82) is 0 Å². The van der Waals surface area contributed by atoms with E-state index >= 15 is 0 Å². The maximum Gasteiger partial charge on any atom is 0.303 e. The Labute approximate surface area is 223 Å². The Morgan fingerprint density at radius 3 is 2.29 bits per heavy atom. The SMILES string of the molecule is CC(C)N1CCC(c2cc(C(=O)NS(=O)(=O)N(C)C)nc3c2c(C2CCC2)nn3-c2ccc(F)cc2)CC1. The van der Waals surface area contributed by atoms with Crippen LogP contribution < -0.4 is 4.72 Å². The number of fused-ring (bicyclic) bond motifs is 1. The number of pyridine rings is 1. The second-order valence-electron chi connectivity index (χ2n) is 10.8. The lowest BCUT2D eigenvalue weighted by atomic mass is 9.79. The highest BCUT2D eigenvalue weighted by atomic mass is 32.2. The molecule has 1 saturated carbocycles. The molecule has 0 atom stereocenters. The summed E-state index contributed by atoms with van der Waals surface area (Å²) in [5.41, 5.74) is 3.09. The smallest absolute Gasteiger partial charge is 0.301 e. The third-order valence-electron chi connectivity index (χ3n) is 7.89. The number of nitrogens with one attached hydrogen (secondary N) is 1. The fourth-order valence-electron chi connectivity index (χ4n) is 5.33. The van der Waals surface area contributed by atoms with E-state index < -0.39 is 16.1 Å². The van der Waals surface area contributed by atoms with E-state index in [2.05, 4.69) is 28.5 Å². The molecule has 0 bridgehead atoms. The minimum absolute atomic E-state index is 0.0210. The second-order valence-corrected chi connectivity index (χ2v) is 12.7. The predicted octanol–water partition coefficient (Wildman–Crippen LogP) is 3.95. The first-order chi connectivity index (χ1) is 18.0. The molecule has 3 aromatic rings. The van der Waals surface area contributed by atoms with Crippen molar-refractivity contribution in [2.24, 2.45) is 0 Å². The van der Waals surface area contributed by atoms with Crippen molar-refractivity contribution in [2.45, 2.75) is 63.8 Å². The van der Waals surface area contributed by atoms with Gasteiger partial charge in [-0.3, -0.25) is 4.79 Å².